The first-order valence-electron chi connectivity index (χ1n) is 4.41. The zero-order chi connectivity index (χ0) is 8.74. The third-order valence-corrected chi connectivity index (χ3v) is 1.55. The van der Waals surface area contributed by atoms with Crippen molar-refractivity contribution in [3.8, 4) is 0 Å². The molecule has 1 nitrogen and oxygen atoms in total. The highest BCUT2D eigenvalue weighted by Crippen LogP contribution is 2.12. The van der Waals surface area contributed by atoms with Gasteiger partial charge in [0.2, 0.25) is 0 Å². The van der Waals surface area contributed by atoms with Crippen LogP contribution in [-0.4, -0.2) is 5.60 Å². The maximum Gasteiger partial charge on any atom is 0.0980 e. The van der Waals surface area contributed by atoms with Crippen LogP contribution in [0.25, 0.3) is 0 Å². The molecule has 0 spiro atoms. The van der Waals surface area contributed by atoms with Crippen LogP contribution in [0.1, 0.15) is 46.5 Å². The van der Waals surface area contributed by atoms with E-state index in [1.165, 1.54) is 0 Å². The number of hydrogen-bond donors (Lipinski definition) is 0. The van der Waals surface area contributed by atoms with Gasteiger partial charge in [-0.25, -0.2) is 5.11 Å². The molecule has 0 saturated carbocycles. The van der Waals surface area contributed by atoms with Crippen molar-refractivity contribution >= 4 is 0 Å². The molecule has 0 heterocycles. The van der Waals surface area contributed by atoms with Crippen LogP contribution in [0.5, 0.6) is 0 Å². The molecule has 0 amide bonds. The van der Waals surface area contributed by atoms with Crippen LogP contribution in [0.2, 0.25) is 0 Å². The van der Waals surface area contributed by atoms with Crippen LogP contribution in [0.3, 0.4) is 0 Å². The molecule has 0 rings (SSSR count). The fourth-order valence-electron chi connectivity index (χ4n) is 0.930. The zero-order valence-electron chi connectivity index (χ0n) is 7.89. The summed E-state index contributed by atoms with van der Waals surface area (Å²) in [6.07, 6.45) is 8.26. The van der Waals surface area contributed by atoms with Gasteiger partial charge in [0.15, 0.2) is 0 Å². The lowest BCUT2D eigenvalue weighted by Gasteiger charge is -2.12. The molecule has 65 valence electrons. The van der Waals surface area contributed by atoms with Crippen LogP contribution < -0.4 is 0 Å². The maximum absolute atomic E-state index is 11.1. The van der Waals surface area contributed by atoms with E-state index in [1.807, 2.05) is 0 Å². The smallest absolute Gasteiger partial charge is 0.0980 e. The molecule has 0 aromatic rings. The second-order valence-electron chi connectivity index (χ2n) is 3.53. The minimum absolute atomic E-state index is 0.736. The third-order valence-electron chi connectivity index (χ3n) is 1.55. The first-order chi connectivity index (χ1) is 5.06. The molecule has 0 unspecified atom stereocenters. The van der Waals surface area contributed by atoms with E-state index in [4.69, 9.17) is 0 Å². The Kier molecular flexibility index (Phi) is 5.22. The van der Waals surface area contributed by atoms with Crippen LogP contribution in [0.15, 0.2) is 12.2 Å². The Morgan fingerprint density at radius 2 is 1.91 bits per heavy atom. The predicted octanol–water partition coefficient (Wildman–Crippen LogP) is 3.33. The maximum atomic E-state index is 11.1. The quantitative estimate of drug-likeness (QED) is 0.428. The molecule has 0 aliphatic carbocycles. The number of allylic oxidation sites excluding steroid dienone is 2. The monoisotopic (exact) mass is 155 g/mol. The summed E-state index contributed by atoms with van der Waals surface area (Å²) in [4.78, 5) is 0. The van der Waals surface area contributed by atoms with Crippen molar-refractivity contribution in [1.82, 2.24) is 0 Å². The van der Waals surface area contributed by atoms with Crippen LogP contribution in [0, 0.1) is 0 Å². The fraction of sp³-hybridized carbons (Fsp3) is 0.800. The van der Waals surface area contributed by atoms with Gasteiger partial charge in [-0.3, -0.25) is 0 Å². The molecular formula is C10H19O. The lowest BCUT2D eigenvalue weighted by Crippen LogP contribution is -2.15. The highest BCUT2D eigenvalue weighted by molar-refractivity contribution is 4.80. The molecule has 0 fully saturated rings. The Bertz CT molecular complexity index is 109. The van der Waals surface area contributed by atoms with Gasteiger partial charge in [-0.05, 0) is 39.5 Å². The Morgan fingerprint density at radius 1 is 1.27 bits per heavy atom. The summed E-state index contributed by atoms with van der Waals surface area (Å²) in [7, 11) is 0. The van der Waals surface area contributed by atoms with Gasteiger partial charge in [0.25, 0.3) is 0 Å². The summed E-state index contributed by atoms with van der Waals surface area (Å²) >= 11 is 0. The summed E-state index contributed by atoms with van der Waals surface area (Å²) < 4.78 is 0. The van der Waals surface area contributed by atoms with Crippen LogP contribution in [0.4, 0.5) is 0 Å². The van der Waals surface area contributed by atoms with Crippen molar-refractivity contribution in [2.24, 2.45) is 0 Å². The molecule has 0 atom stereocenters. The molecule has 0 N–H and O–H groups in total. The van der Waals surface area contributed by atoms with Gasteiger partial charge in [-0.2, -0.15) is 0 Å². The van der Waals surface area contributed by atoms with Gasteiger partial charge in [0.05, 0.1) is 5.60 Å². The van der Waals surface area contributed by atoms with Crippen molar-refractivity contribution < 1.29 is 5.11 Å². The second-order valence-corrected chi connectivity index (χ2v) is 3.53. The highest BCUT2D eigenvalue weighted by atomic mass is 16.3. The first-order valence-corrected chi connectivity index (χ1v) is 4.41. The lowest BCUT2D eigenvalue weighted by atomic mass is 10.0. The average Bonchev–Trinajstić information content (AvgIpc) is 1.85. The molecule has 0 bridgehead atoms. The van der Waals surface area contributed by atoms with Gasteiger partial charge in [-0.15, -0.1) is 0 Å². The number of hydrogen-bond acceptors (Lipinski definition) is 0. The van der Waals surface area contributed by atoms with Gasteiger partial charge in [-0.1, -0.05) is 19.1 Å². The second kappa shape index (κ2) is 5.36. The third kappa shape index (κ3) is 9.70. The van der Waals surface area contributed by atoms with Crippen LogP contribution in [-0.2, 0) is 5.11 Å². The van der Waals surface area contributed by atoms with Crippen molar-refractivity contribution in [2.45, 2.75) is 52.1 Å². The standard InChI is InChI=1S/C10H19O/c1-4-5-6-7-8-9-10(2,3)11/h5-6H,4,7-9H2,1-3H3. The normalized spacial score (nSPS) is 12.7. The highest BCUT2D eigenvalue weighted by Gasteiger charge is 2.12. The van der Waals surface area contributed by atoms with Crippen molar-refractivity contribution in [3.05, 3.63) is 12.2 Å². The van der Waals surface area contributed by atoms with E-state index in [9.17, 15) is 5.11 Å². The van der Waals surface area contributed by atoms with Gasteiger partial charge < -0.3 is 0 Å². The predicted molar refractivity (Wildman–Crippen MR) is 48.0 cm³/mol. The SMILES string of the molecule is CCC=CCCCC(C)(C)[O]. The number of unbranched alkanes of at least 4 members (excludes halogenated alkanes) is 1. The molecule has 0 aliphatic rings. The molecule has 11 heavy (non-hydrogen) atoms. The van der Waals surface area contributed by atoms with Gasteiger partial charge in [0, 0.05) is 0 Å². The van der Waals surface area contributed by atoms with Gasteiger partial charge >= 0.3 is 0 Å². The topological polar surface area (TPSA) is 19.9 Å². The summed E-state index contributed by atoms with van der Waals surface area (Å²) in [5.41, 5.74) is -0.736. The number of rotatable bonds is 5. The Morgan fingerprint density at radius 3 is 2.36 bits per heavy atom. The largest absolute Gasteiger partial charge is 0.230 e. The van der Waals surface area contributed by atoms with E-state index in [2.05, 4.69) is 19.1 Å². The van der Waals surface area contributed by atoms with Crippen LogP contribution >= 0.6 is 0 Å². The minimum atomic E-state index is -0.736. The van der Waals surface area contributed by atoms with E-state index < -0.39 is 5.60 Å². The molecular weight excluding hydrogens is 136 g/mol. The Hall–Kier alpha value is -0.300. The van der Waals surface area contributed by atoms with Crippen molar-refractivity contribution in [1.29, 1.82) is 0 Å². The minimum Gasteiger partial charge on any atom is -0.230 e. The summed E-state index contributed by atoms with van der Waals surface area (Å²) in [5.74, 6) is 0. The molecule has 0 saturated heterocycles. The first kappa shape index (κ1) is 10.7. The summed E-state index contributed by atoms with van der Waals surface area (Å²) in [5, 5.41) is 11.1. The van der Waals surface area contributed by atoms with Crippen molar-refractivity contribution in [2.75, 3.05) is 0 Å². The molecule has 0 aromatic carbocycles. The summed E-state index contributed by atoms with van der Waals surface area (Å²) in [6, 6.07) is 0. The average molecular weight is 155 g/mol. The van der Waals surface area contributed by atoms with E-state index in [0.29, 0.717) is 0 Å². The lowest BCUT2D eigenvalue weighted by molar-refractivity contribution is -0.00439. The van der Waals surface area contributed by atoms with Gasteiger partial charge in [0.1, 0.15) is 0 Å². The van der Waals surface area contributed by atoms with Crippen molar-refractivity contribution in [3.63, 3.8) is 0 Å². The van der Waals surface area contributed by atoms with E-state index in [-0.39, 0.29) is 0 Å². The zero-order valence-corrected chi connectivity index (χ0v) is 7.89. The molecule has 1 heteroatoms. The Labute approximate surface area is 70.1 Å². The molecule has 1 radical (unpaired) electrons. The van der Waals surface area contributed by atoms with E-state index in [1.54, 1.807) is 13.8 Å². The van der Waals surface area contributed by atoms with E-state index >= 15 is 0 Å². The van der Waals surface area contributed by atoms with E-state index in [0.717, 1.165) is 25.7 Å². The molecule has 0 aliphatic heterocycles. The summed E-state index contributed by atoms with van der Waals surface area (Å²) in [6.45, 7) is 5.61. The fourth-order valence-corrected chi connectivity index (χ4v) is 0.930. The molecule has 0 aromatic heterocycles. The Balaban J connectivity index is 3.21.